The zero-order valence-corrected chi connectivity index (χ0v) is 15.8. The van der Waals surface area contributed by atoms with Gasteiger partial charge in [0.25, 0.3) is 5.91 Å². The highest BCUT2D eigenvalue weighted by Gasteiger charge is 2.12. The fourth-order valence-electron chi connectivity index (χ4n) is 1.95. The molecule has 0 aliphatic heterocycles. The monoisotopic (exact) mass is 413 g/mol. The van der Waals surface area contributed by atoms with Crippen LogP contribution in [0, 0.1) is 0 Å². The highest BCUT2D eigenvalue weighted by molar-refractivity contribution is 6.36. The maximum atomic E-state index is 12.0. The smallest absolute Gasteiger partial charge is 0.275 e. The van der Waals surface area contributed by atoms with Gasteiger partial charge in [0.1, 0.15) is 5.75 Å². The van der Waals surface area contributed by atoms with Crippen molar-refractivity contribution in [3.63, 3.8) is 0 Å². The van der Waals surface area contributed by atoms with Crippen molar-refractivity contribution in [3.8, 4) is 5.75 Å². The first-order chi connectivity index (χ1) is 12.3. The fraction of sp³-hybridized carbons (Fsp3) is 0.118. The van der Waals surface area contributed by atoms with Crippen LogP contribution in [0.15, 0.2) is 41.5 Å². The number of carbonyl (C=O) groups excluding carboxylic acids is 2. The lowest BCUT2D eigenvalue weighted by Gasteiger charge is -2.08. The molecular formula is C17H14Cl3N3O3. The second-order valence-corrected chi connectivity index (χ2v) is 6.58. The van der Waals surface area contributed by atoms with Crippen LogP contribution < -0.4 is 10.7 Å². The number of nitrogens with zero attached hydrogens (tertiary/aromatic N) is 1. The van der Waals surface area contributed by atoms with Crippen molar-refractivity contribution in [2.24, 2.45) is 5.10 Å². The molecule has 0 atom stereocenters. The lowest BCUT2D eigenvalue weighted by Crippen LogP contribution is -2.21. The standard InChI is InChI=1S/C17H14Cl3N3O3/c1-9(6-16(25)21-14-4-2-11(19)8-13(14)20)22-23-17(26)12-7-10(18)3-5-15(12)24/h2-5,7-8,24H,6H2,1H3,(H,21,25)(H,23,26)/b22-9+. The summed E-state index contributed by atoms with van der Waals surface area (Å²) < 4.78 is 0. The number of phenols is 1. The SMILES string of the molecule is C/C(CC(=O)Nc1ccc(Cl)cc1Cl)=N\NC(=O)c1cc(Cl)ccc1O. The normalized spacial score (nSPS) is 11.2. The van der Waals surface area contributed by atoms with Gasteiger partial charge in [0.15, 0.2) is 0 Å². The van der Waals surface area contributed by atoms with Crippen LogP contribution >= 0.6 is 34.8 Å². The largest absolute Gasteiger partial charge is 0.507 e. The lowest BCUT2D eigenvalue weighted by atomic mass is 10.2. The Morgan fingerprint density at radius 2 is 1.73 bits per heavy atom. The Morgan fingerprint density at radius 3 is 2.42 bits per heavy atom. The first-order valence-electron chi connectivity index (χ1n) is 7.33. The average molecular weight is 415 g/mol. The predicted octanol–water partition coefficient (Wildman–Crippen LogP) is 4.49. The zero-order valence-electron chi connectivity index (χ0n) is 13.5. The van der Waals surface area contributed by atoms with Gasteiger partial charge in [-0.05, 0) is 43.3 Å². The molecule has 0 saturated heterocycles. The zero-order chi connectivity index (χ0) is 19.3. The molecule has 0 aromatic heterocycles. The summed E-state index contributed by atoms with van der Waals surface area (Å²) in [6, 6.07) is 8.76. The fourth-order valence-corrected chi connectivity index (χ4v) is 2.58. The third-order valence-electron chi connectivity index (χ3n) is 3.17. The number of anilines is 1. The van der Waals surface area contributed by atoms with Crippen molar-refractivity contribution >= 4 is 58.0 Å². The molecule has 0 unspecified atom stereocenters. The van der Waals surface area contributed by atoms with Gasteiger partial charge in [-0.15, -0.1) is 0 Å². The number of hydrogen-bond acceptors (Lipinski definition) is 4. The number of carbonyl (C=O) groups is 2. The molecule has 2 aromatic carbocycles. The second kappa shape index (κ2) is 8.89. The summed E-state index contributed by atoms with van der Waals surface area (Å²) in [5.74, 6) is -1.24. The molecule has 26 heavy (non-hydrogen) atoms. The van der Waals surface area contributed by atoms with E-state index in [-0.39, 0.29) is 23.6 Å². The summed E-state index contributed by atoms with van der Waals surface area (Å²) in [5.41, 5.74) is 3.01. The molecule has 2 rings (SSSR count). The van der Waals surface area contributed by atoms with E-state index in [0.29, 0.717) is 26.5 Å². The Kier molecular flexibility index (Phi) is 6.85. The third kappa shape index (κ3) is 5.62. The van der Waals surface area contributed by atoms with Gasteiger partial charge in [0.05, 0.1) is 22.7 Å². The number of hydrazone groups is 1. The molecule has 0 bridgehead atoms. The van der Waals surface area contributed by atoms with Crippen molar-refractivity contribution in [2.45, 2.75) is 13.3 Å². The number of amides is 2. The molecule has 0 aliphatic carbocycles. The summed E-state index contributed by atoms with van der Waals surface area (Å²) in [6.07, 6.45) is -0.0687. The van der Waals surface area contributed by atoms with E-state index >= 15 is 0 Å². The van der Waals surface area contributed by atoms with Crippen molar-refractivity contribution in [3.05, 3.63) is 57.0 Å². The molecule has 0 saturated carbocycles. The highest BCUT2D eigenvalue weighted by atomic mass is 35.5. The Bertz CT molecular complexity index is 885. The molecule has 3 N–H and O–H groups in total. The molecule has 0 aliphatic rings. The average Bonchev–Trinajstić information content (AvgIpc) is 2.57. The summed E-state index contributed by atoms with van der Waals surface area (Å²) in [4.78, 5) is 24.0. The topological polar surface area (TPSA) is 90.8 Å². The highest BCUT2D eigenvalue weighted by Crippen LogP contribution is 2.25. The van der Waals surface area contributed by atoms with Crippen LogP contribution in [0.3, 0.4) is 0 Å². The molecule has 2 aromatic rings. The van der Waals surface area contributed by atoms with Gasteiger partial charge in [0, 0.05) is 15.8 Å². The summed E-state index contributed by atoms with van der Waals surface area (Å²) in [5, 5.41) is 17.2. The van der Waals surface area contributed by atoms with Gasteiger partial charge in [-0.3, -0.25) is 9.59 Å². The van der Waals surface area contributed by atoms with Gasteiger partial charge < -0.3 is 10.4 Å². The van der Waals surface area contributed by atoms with E-state index in [4.69, 9.17) is 34.8 Å². The molecule has 136 valence electrons. The molecule has 0 fully saturated rings. The van der Waals surface area contributed by atoms with E-state index in [1.807, 2.05) is 0 Å². The maximum absolute atomic E-state index is 12.0. The van der Waals surface area contributed by atoms with E-state index in [1.54, 1.807) is 19.1 Å². The Hall–Kier alpha value is -2.28. The summed E-state index contributed by atoms with van der Waals surface area (Å²) in [7, 11) is 0. The van der Waals surface area contributed by atoms with Gasteiger partial charge in [-0.25, -0.2) is 5.43 Å². The van der Waals surface area contributed by atoms with E-state index in [1.165, 1.54) is 24.3 Å². The first-order valence-corrected chi connectivity index (χ1v) is 8.46. The van der Waals surface area contributed by atoms with Crippen LogP contribution in [-0.2, 0) is 4.79 Å². The first kappa shape index (κ1) is 20.0. The number of aromatic hydroxyl groups is 1. The maximum Gasteiger partial charge on any atom is 0.275 e. The number of rotatable bonds is 5. The van der Waals surface area contributed by atoms with Crippen LogP contribution in [-0.4, -0.2) is 22.6 Å². The number of nitrogens with one attached hydrogen (secondary N) is 2. The van der Waals surface area contributed by atoms with Crippen molar-refractivity contribution < 1.29 is 14.7 Å². The molecule has 6 nitrogen and oxygen atoms in total. The van der Waals surface area contributed by atoms with Crippen molar-refractivity contribution in [1.29, 1.82) is 0 Å². The lowest BCUT2D eigenvalue weighted by molar-refractivity contribution is -0.115. The molecule has 0 heterocycles. The van der Waals surface area contributed by atoms with Crippen LogP contribution in [0.1, 0.15) is 23.7 Å². The van der Waals surface area contributed by atoms with Gasteiger partial charge in [-0.2, -0.15) is 5.10 Å². The number of benzene rings is 2. The van der Waals surface area contributed by atoms with Gasteiger partial charge >= 0.3 is 0 Å². The molecule has 0 radical (unpaired) electrons. The Labute approximate surface area is 164 Å². The minimum Gasteiger partial charge on any atom is -0.507 e. The van der Waals surface area contributed by atoms with E-state index in [0.717, 1.165) is 0 Å². The van der Waals surface area contributed by atoms with Gasteiger partial charge in [0.2, 0.25) is 5.91 Å². The van der Waals surface area contributed by atoms with Crippen molar-refractivity contribution in [1.82, 2.24) is 5.43 Å². The third-order valence-corrected chi connectivity index (χ3v) is 3.96. The molecule has 0 spiro atoms. The second-order valence-electron chi connectivity index (χ2n) is 5.30. The van der Waals surface area contributed by atoms with Crippen LogP contribution in [0.25, 0.3) is 0 Å². The molecular weight excluding hydrogens is 401 g/mol. The number of halogens is 3. The summed E-state index contributed by atoms with van der Waals surface area (Å²) >= 11 is 17.6. The van der Waals surface area contributed by atoms with Crippen LogP contribution in [0.2, 0.25) is 15.1 Å². The van der Waals surface area contributed by atoms with E-state index < -0.39 is 5.91 Å². The Balaban J connectivity index is 1.96. The number of hydrogen-bond donors (Lipinski definition) is 3. The minimum absolute atomic E-state index is 0.0218. The van der Waals surface area contributed by atoms with Crippen LogP contribution in [0.4, 0.5) is 5.69 Å². The molecule has 9 heteroatoms. The minimum atomic E-state index is -0.648. The quantitative estimate of drug-likeness (QED) is 0.497. The van der Waals surface area contributed by atoms with E-state index in [2.05, 4.69) is 15.8 Å². The van der Waals surface area contributed by atoms with Gasteiger partial charge in [-0.1, -0.05) is 34.8 Å². The summed E-state index contributed by atoms with van der Waals surface area (Å²) in [6.45, 7) is 1.57. The van der Waals surface area contributed by atoms with Crippen molar-refractivity contribution in [2.75, 3.05) is 5.32 Å². The molecule has 2 amide bonds. The Morgan fingerprint density at radius 1 is 1.08 bits per heavy atom. The van der Waals surface area contributed by atoms with Crippen LogP contribution in [0.5, 0.6) is 5.75 Å². The predicted molar refractivity (Wildman–Crippen MR) is 103 cm³/mol. The van der Waals surface area contributed by atoms with E-state index in [9.17, 15) is 14.7 Å². The number of phenolic OH excluding ortho intramolecular Hbond substituents is 1.